The van der Waals surface area contributed by atoms with E-state index in [0.717, 1.165) is 13.1 Å². The van der Waals surface area contributed by atoms with Crippen LogP contribution in [-0.4, -0.2) is 75.0 Å². The van der Waals surface area contributed by atoms with Crippen molar-refractivity contribution >= 4 is 30.7 Å². The number of aliphatic hydroxyl groups is 1. The Bertz CT molecular complexity index is 247. The van der Waals surface area contributed by atoms with Crippen molar-refractivity contribution in [1.82, 2.24) is 15.5 Å². The summed E-state index contributed by atoms with van der Waals surface area (Å²) in [4.78, 5) is 13.8. The summed E-state index contributed by atoms with van der Waals surface area (Å²) in [6.45, 7) is 3.47. The van der Waals surface area contributed by atoms with Gasteiger partial charge in [0.05, 0.1) is 18.8 Å². The van der Waals surface area contributed by atoms with Crippen molar-refractivity contribution in [3.05, 3.63) is 0 Å². The minimum absolute atomic E-state index is 0. The third kappa shape index (κ3) is 8.62. The minimum atomic E-state index is -0.393. The first-order chi connectivity index (χ1) is 8.13. The number of β-amino-alcohol motifs (C(OH)–C–C–N with tert-alkyl or cyclic N) is 1. The molecule has 3 N–H and O–H groups in total. The quantitative estimate of drug-likeness (QED) is 0.576. The molecule has 0 aromatic rings. The molecule has 1 heterocycles. The molecule has 0 spiro atoms. The highest BCUT2D eigenvalue weighted by Gasteiger charge is 2.27. The minimum Gasteiger partial charge on any atom is -0.392 e. The molecule has 0 saturated carbocycles. The molecule has 0 bridgehead atoms. The summed E-state index contributed by atoms with van der Waals surface area (Å²) in [5.41, 5.74) is 0. The van der Waals surface area contributed by atoms with Crippen LogP contribution in [0.15, 0.2) is 0 Å². The van der Waals surface area contributed by atoms with Crippen molar-refractivity contribution < 1.29 is 14.6 Å². The van der Waals surface area contributed by atoms with Gasteiger partial charge >= 0.3 is 0 Å². The number of carbonyl (C=O) groups is 1. The molecule has 0 aromatic heterocycles. The summed E-state index contributed by atoms with van der Waals surface area (Å²) in [5, 5.41) is 15.1. The maximum Gasteiger partial charge on any atom is 0.237 e. The van der Waals surface area contributed by atoms with Gasteiger partial charge in [0, 0.05) is 33.3 Å². The number of ether oxygens (including phenoxy) is 1. The first kappa shape index (κ1) is 21.2. The van der Waals surface area contributed by atoms with Crippen LogP contribution in [0.4, 0.5) is 0 Å². The second-order valence-electron chi connectivity index (χ2n) is 4.44. The van der Waals surface area contributed by atoms with E-state index in [-0.39, 0.29) is 36.8 Å². The van der Waals surface area contributed by atoms with Gasteiger partial charge < -0.3 is 25.4 Å². The van der Waals surface area contributed by atoms with Crippen molar-refractivity contribution in [1.29, 1.82) is 0 Å². The van der Waals surface area contributed by atoms with E-state index in [0.29, 0.717) is 26.1 Å². The van der Waals surface area contributed by atoms with Crippen molar-refractivity contribution in [3.63, 3.8) is 0 Å². The average Bonchev–Trinajstić information content (AvgIpc) is 2.73. The van der Waals surface area contributed by atoms with E-state index in [2.05, 4.69) is 15.5 Å². The predicted octanol–water partition coefficient (Wildman–Crippen LogP) is -0.753. The summed E-state index contributed by atoms with van der Waals surface area (Å²) in [7, 11) is 3.66. The van der Waals surface area contributed by atoms with E-state index in [1.807, 2.05) is 7.05 Å². The highest BCUT2D eigenvalue weighted by molar-refractivity contribution is 5.85. The van der Waals surface area contributed by atoms with Crippen molar-refractivity contribution in [2.45, 2.75) is 18.6 Å². The maximum atomic E-state index is 11.7. The van der Waals surface area contributed by atoms with Crippen LogP contribution in [0.25, 0.3) is 0 Å². The van der Waals surface area contributed by atoms with E-state index < -0.39 is 6.10 Å². The highest BCUT2D eigenvalue weighted by atomic mass is 35.5. The second kappa shape index (κ2) is 11.7. The monoisotopic (exact) mass is 317 g/mol. The third-order valence-electron chi connectivity index (χ3n) is 2.89. The SMILES string of the molecule is COCCN(C)CCNC(=O)C1CC(O)CN1.Cl.Cl. The van der Waals surface area contributed by atoms with Gasteiger partial charge in [-0.1, -0.05) is 0 Å². The molecular weight excluding hydrogens is 293 g/mol. The number of nitrogens with zero attached hydrogens (tertiary/aromatic N) is 1. The number of likely N-dealkylation sites (N-methyl/N-ethyl adjacent to an activating group) is 1. The van der Waals surface area contributed by atoms with Crippen LogP contribution in [0.5, 0.6) is 0 Å². The van der Waals surface area contributed by atoms with Crippen LogP contribution in [0.3, 0.4) is 0 Å². The van der Waals surface area contributed by atoms with Gasteiger partial charge in [0.15, 0.2) is 0 Å². The number of carbonyl (C=O) groups excluding carboxylic acids is 1. The number of aliphatic hydroxyl groups excluding tert-OH is 1. The molecule has 1 aliphatic rings. The highest BCUT2D eigenvalue weighted by Crippen LogP contribution is 2.05. The summed E-state index contributed by atoms with van der Waals surface area (Å²) >= 11 is 0. The molecule has 116 valence electrons. The number of amides is 1. The molecule has 1 aliphatic heterocycles. The Morgan fingerprint density at radius 3 is 2.68 bits per heavy atom. The molecule has 1 saturated heterocycles. The Labute approximate surface area is 127 Å². The topological polar surface area (TPSA) is 73.8 Å². The van der Waals surface area contributed by atoms with Gasteiger partial charge in [0.2, 0.25) is 5.91 Å². The van der Waals surface area contributed by atoms with Gasteiger partial charge in [0.1, 0.15) is 0 Å². The predicted molar refractivity (Wildman–Crippen MR) is 79.3 cm³/mol. The van der Waals surface area contributed by atoms with Gasteiger partial charge in [-0.15, -0.1) is 24.8 Å². The van der Waals surface area contributed by atoms with E-state index in [4.69, 9.17) is 4.74 Å². The first-order valence-electron chi connectivity index (χ1n) is 6.00. The molecule has 1 amide bonds. The fourth-order valence-electron chi connectivity index (χ4n) is 1.77. The molecule has 1 rings (SSSR count). The van der Waals surface area contributed by atoms with Crippen LogP contribution >= 0.6 is 24.8 Å². The van der Waals surface area contributed by atoms with Crippen molar-refractivity contribution in [3.8, 4) is 0 Å². The van der Waals surface area contributed by atoms with Crippen LogP contribution in [0.1, 0.15) is 6.42 Å². The fraction of sp³-hybridized carbons (Fsp3) is 0.909. The van der Waals surface area contributed by atoms with E-state index in [1.165, 1.54) is 0 Å². The average molecular weight is 318 g/mol. The van der Waals surface area contributed by atoms with E-state index in [1.54, 1.807) is 7.11 Å². The molecule has 2 atom stereocenters. The van der Waals surface area contributed by atoms with Crippen LogP contribution in [0.2, 0.25) is 0 Å². The molecule has 8 heteroatoms. The van der Waals surface area contributed by atoms with Crippen molar-refractivity contribution in [2.24, 2.45) is 0 Å². The van der Waals surface area contributed by atoms with Crippen LogP contribution < -0.4 is 10.6 Å². The summed E-state index contributed by atoms with van der Waals surface area (Å²) in [6.07, 6.45) is 0.112. The van der Waals surface area contributed by atoms with E-state index in [9.17, 15) is 9.90 Å². The molecule has 2 unspecified atom stereocenters. The summed E-state index contributed by atoms with van der Waals surface area (Å²) < 4.78 is 4.97. The Kier molecular flexibility index (Phi) is 13.0. The summed E-state index contributed by atoms with van der Waals surface area (Å²) in [6, 6.07) is -0.241. The number of methoxy groups -OCH3 is 1. The fourth-order valence-corrected chi connectivity index (χ4v) is 1.77. The summed E-state index contributed by atoms with van der Waals surface area (Å²) in [5.74, 6) is -0.0262. The van der Waals surface area contributed by atoms with Gasteiger partial charge in [-0.25, -0.2) is 0 Å². The van der Waals surface area contributed by atoms with E-state index >= 15 is 0 Å². The molecular formula is C11H25Cl2N3O3. The van der Waals surface area contributed by atoms with Crippen LogP contribution in [-0.2, 0) is 9.53 Å². The smallest absolute Gasteiger partial charge is 0.237 e. The van der Waals surface area contributed by atoms with Crippen LogP contribution in [0, 0.1) is 0 Å². The van der Waals surface area contributed by atoms with Gasteiger partial charge in [0.25, 0.3) is 0 Å². The van der Waals surface area contributed by atoms with Crippen molar-refractivity contribution in [2.75, 3.05) is 46.9 Å². The van der Waals surface area contributed by atoms with Gasteiger partial charge in [-0.3, -0.25) is 4.79 Å². The lowest BCUT2D eigenvalue weighted by Crippen LogP contribution is -2.43. The Morgan fingerprint density at radius 1 is 1.47 bits per heavy atom. The molecule has 19 heavy (non-hydrogen) atoms. The normalized spacial score (nSPS) is 21.7. The number of hydrogen-bond donors (Lipinski definition) is 3. The Balaban J connectivity index is 0. The van der Waals surface area contributed by atoms with Gasteiger partial charge in [-0.2, -0.15) is 0 Å². The first-order valence-corrected chi connectivity index (χ1v) is 6.00. The maximum absolute atomic E-state index is 11.7. The molecule has 6 nitrogen and oxygen atoms in total. The zero-order valence-corrected chi connectivity index (χ0v) is 13.1. The Hall–Kier alpha value is -0.110. The molecule has 0 aliphatic carbocycles. The molecule has 0 radical (unpaired) electrons. The lowest BCUT2D eigenvalue weighted by Gasteiger charge is -2.17. The standard InChI is InChI=1S/C11H23N3O3.2ClH/c1-14(5-6-17-2)4-3-12-11(16)10-7-9(15)8-13-10;;/h9-10,13,15H,3-8H2,1-2H3,(H,12,16);2*1H. The molecule has 1 fully saturated rings. The lowest BCUT2D eigenvalue weighted by molar-refractivity contribution is -0.122. The molecule has 0 aromatic carbocycles. The second-order valence-corrected chi connectivity index (χ2v) is 4.44. The third-order valence-corrected chi connectivity index (χ3v) is 2.89. The lowest BCUT2D eigenvalue weighted by atomic mass is 10.2. The number of hydrogen-bond acceptors (Lipinski definition) is 5. The largest absolute Gasteiger partial charge is 0.392 e. The zero-order chi connectivity index (χ0) is 12.7. The number of halogens is 2. The Morgan fingerprint density at radius 2 is 2.16 bits per heavy atom. The zero-order valence-electron chi connectivity index (χ0n) is 11.4. The number of nitrogens with one attached hydrogen (secondary N) is 2. The van der Waals surface area contributed by atoms with Gasteiger partial charge in [-0.05, 0) is 13.5 Å². The number of rotatable bonds is 7.